The van der Waals surface area contributed by atoms with E-state index in [4.69, 9.17) is 11.6 Å². The first-order valence-electron chi connectivity index (χ1n) is 6.33. The zero-order valence-corrected chi connectivity index (χ0v) is 11.2. The van der Waals surface area contributed by atoms with Crippen molar-refractivity contribution in [1.29, 1.82) is 0 Å². The van der Waals surface area contributed by atoms with Gasteiger partial charge in [0.2, 0.25) is 5.91 Å². The van der Waals surface area contributed by atoms with E-state index in [0.29, 0.717) is 0 Å². The Balaban J connectivity index is 2.41. The maximum atomic E-state index is 12.0. The Hall–Kier alpha value is -1.56. The summed E-state index contributed by atoms with van der Waals surface area (Å²) in [6.45, 7) is 0. The number of halogens is 1. The molecule has 0 radical (unpaired) electrons. The number of rotatable bonds is 3. The van der Waals surface area contributed by atoms with Gasteiger partial charge in [0, 0.05) is 12.1 Å². The second-order valence-electron chi connectivity index (χ2n) is 4.67. The minimum Gasteiger partial charge on any atom is -0.311 e. The molecule has 7 heteroatoms. The van der Waals surface area contributed by atoms with Crippen LogP contribution >= 0.6 is 11.6 Å². The molecule has 0 aliphatic heterocycles. The van der Waals surface area contributed by atoms with Crippen LogP contribution in [0.2, 0.25) is 0 Å². The van der Waals surface area contributed by atoms with Gasteiger partial charge in [-0.2, -0.15) is 0 Å². The Morgan fingerprint density at radius 2 is 2.05 bits per heavy atom. The zero-order chi connectivity index (χ0) is 13.8. The molecule has 1 saturated carbocycles. The minimum absolute atomic E-state index is 0.0173. The molecule has 6 nitrogen and oxygen atoms in total. The summed E-state index contributed by atoms with van der Waals surface area (Å²) < 4.78 is 1.46. The average molecular weight is 286 g/mol. The van der Waals surface area contributed by atoms with Crippen molar-refractivity contribution >= 4 is 23.3 Å². The van der Waals surface area contributed by atoms with E-state index in [9.17, 15) is 14.4 Å². The van der Waals surface area contributed by atoms with E-state index in [1.807, 2.05) is 0 Å². The summed E-state index contributed by atoms with van der Waals surface area (Å²) in [4.78, 5) is 36.9. The lowest BCUT2D eigenvalue weighted by Crippen LogP contribution is -2.36. The van der Waals surface area contributed by atoms with E-state index >= 15 is 0 Å². The minimum atomic E-state index is -0.526. The second kappa shape index (κ2) is 6.06. The quantitative estimate of drug-likeness (QED) is 0.819. The van der Waals surface area contributed by atoms with Crippen LogP contribution in [-0.4, -0.2) is 21.3 Å². The van der Waals surface area contributed by atoms with Crippen molar-refractivity contribution < 1.29 is 4.79 Å². The van der Waals surface area contributed by atoms with E-state index in [0.717, 1.165) is 32.1 Å². The number of hydrogen-bond donors (Lipinski definition) is 2. The fraction of sp³-hybridized carbons (Fsp3) is 0.583. The average Bonchev–Trinajstić information content (AvgIpc) is 2.39. The number of hydrogen-bond acceptors (Lipinski definition) is 3. The van der Waals surface area contributed by atoms with Gasteiger partial charge in [-0.05, 0) is 12.8 Å². The third-order valence-electron chi connectivity index (χ3n) is 3.30. The number of nitrogens with one attached hydrogen (secondary N) is 2. The number of aromatic amines is 1. The number of aromatic nitrogens is 2. The summed E-state index contributed by atoms with van der Waals surface area (Å²) in [6, 6.07) is 1.24. The van der Waals surface area contributed by atoms with E-state index in [-0.39, 0.29) is 17.7 Å². The number of carbonyl (C=O) groups excluding carboxylic acids is 1. The summed E-state index contributed by atoms with van der Waals surface area (Å²) in [5, 5.41) is 2.51. The molecule has 1 aromatic rings. The molecule has 1 heterocycles. The van der Waals surface area contributed by atoms with Gasteiger partial charge in [0.25, 0.3) is 5.56 Å². The molecule has 1 aliphatic carbocycles. The molecule has 104 valence electrons. The van der Waals surface area contributed by atoms with E-state index in [1.54, 1.807) is 0 Å². The van der Waals surface area contributed by atoms with Gasteiger partial charge in [0.05, 0.1) is 0 Å². The van der Waals surface area contributed by atoms with Crippen molar-refractivity contribution in [2.24, 2.45) is 0 Å². The Bertz CT molecular complexity index is 572. The van der Waals surface area contributed by atoms with Crippen LogP contribution in [0.25, 0.3) is 0 Å². The van der Waals surface area contributed by atoms with Crippen molar-refractivity contribution in [3.63, 3.8) is 0 Å². The Morgan fingerprint density at radius 3 is 2.68 bits per heavy atom. The van der Waals surface area contributed by atoms with E-state index in [2.05, 4.69) is 10.3 Å². The first kappa shape index (κ1) is 13.9. The third-order valence-corrected chi connectivity index (χ3v) is 3.55. The molecule has 0 bridgehead atoms. The van der Waals surface area contributed by atoms with Crippen molar-refractivity contribution in [2.75, 3.05) is 11.2 Å². The standard InChI is InChI=1S/C12H16ClN3O3/c13-7-11(18)14-9-6-10(17)15-12(19)16(9)8-4-2-1-3-5-8/h6,8H,1-5,7H2,(H,14,18)(H,15,17,19). The molecule has 0 spiro atoms. The summed E-state index contributed by atoms with van der Waals surface area (Å²) >= 11 is 5.43. The number of anilines is 1. The Kier molecular flexibility index (Phi) is 4.42. The lowest BCUT2D eigenvalue weighted by molar-refractivity contribution is -0.114. The van der Waals surface area contributed by atoms with Crippen molar-refractivity contribution in [3.8, 4) is 0 Å². The molecule has 2 rings (SSSR count). The zero-order valence-electron chi connectivity index (χ0n) is 10.4. The number of H-pyrrole nitrogens is 1. The first-order valence-corrected chi connectivity index (χ1v) is 6.87. The number of nitrogens with zero attached hydrogens (tertiary/aromatic N) is 1. The van der Waals surface area contributed by atoms with Crippen molar-refractivity contribution in [3.05, 3.63) is 26.9 Å². The molecule has 1 fully saturated rings. The molecular formula is C12H16ClN3O3. The topological polar surface area (TPSA) is 84.0 Å². The maximum Gasteiger partial charge on any atom is 0.330 e. The predicted octanol–water partition coefficient (Wildman–Crippen LogP) is 1.22. The normalized spacial score (nSPS) is 16.3. The van der Waals surface area contributed by atoms with Crippen LogP contribution in [0.1, 0.15) is 38.1 Å². The second-order valence-corrected chi connectivity index (χ2v) is 4.93. The molecule has 0 atom stereocenters. The van der Waals surface area contributed by atoms with Crippen molar-refractivity contribution in [2.45, 2.75) is 38.1 Å². The molecule has 1 aliphatic rings. The van der Waals surface area contributed by atoms with Crippen LogP contribution in [-0.2, 0) is 4.79 Å². The highest BCUT2D eigenvalue weighted by Gasteiger charge is 2.20. The van der Waals surface area contributed by atoms with Crippen LogP contribution < -0.4 is 16.6 Å². The number of alkyl halides is 1. The predicted molar refractivity (Wildman–Crippen MR) is 72.8 cm³/mol. The highest BCUT2D eigenvalue weighted by Crippen LogP contribution is 2.28. The maximum absolute atomic E-state index is 12.0. The van der Waals surface area contributed by atoms with Gasteiger partial charge < -0.3 is 5.32 Å². The molecule has 0 unspecified atom stereocenters. The summed E-state index contributed by atoms with van der Waals surface area (Å²) in [5.41, 5.74) is -1.01. The van der Waals surface area contributed by atoms with Gasteiger partial charge in [-0.1, -0.05) is 19.3 Å². The summed E-state index contributed by atoms with van der Waals surface area (Å²) in [5.74, 6) is -0.423. The SMILES string of the molecule is O=C(CCl)Nc1cc(=O)[nH]c(=O)n1C1CCCCC1. The molecule has 2 N–H and O–H groups in total. The van der Waals surface area contributed by atoms with Gasteiger partial charge >= 0.3 is 5.69 Å². The Labute approximate surface area is 114 Å². The lowest BCUT2D eigenvalue weighted by Gasteiger charge is -2.25. The highest BCUT2D eigenvalue weighted by atomic mass is 35.5. The molecule has 0 saturated heterocycles. The van der Waals surface area contributed by atoms with Crippen LogP contribution in [0.15, 0.2) is 15.7 Å². The van der Waals surface area contributed by atoms with Crippen LogP contribution in [0.4, 0.5) is 5.82 Å². The highest BCUT2D eigenvalue weighted by molar-refractivity contribution is 6.29. The molecular weight excluding hydrogens is 270 g/mol. The van der Waals surface area contributed by atoms with Gasteiger partial charge in [-0.3, -0.25) is 19.1 Å². The monoisotopic (exact) mass is 285 g/mol. The fourth-order valence-electron chi connectivity index (χ4n) is 2.48. The summed E-state index contributed by atoms with van der Waals surface area (Å²) in [7, 11) is 0. The third kappa shape index (κ3) is 3.26. The first-order chi connectivity index (χ1) is 9.11. The van der Waals surface area contributed by atoms with Crippen LogP contribution in [0.3, 0.4) is 0 Å². The van der Waals surface area contributed by atoms with Gasteiger partial charge in [0.1, 0.15) is 11.7 Å². The van der Waals surface area contributed by atoms with Crippen molar-refractivity contribution in [1.82, 2.24) is 9.55 Å². The largest absolute Gasteiger partial charge is 0.330 e. The molecule has 1 aromatic heterocycles. The van der Waals surface area contributed by atoms with E-state index < -0.39 is 17.2 Å². The van der Waals surface area contributed by atoms with Gasteiger partial charge in [0.15, 0.2) is 0 Å². The molecule has 1 amide bonds. The molecule has 0 aromatic carbocycles. The number of carbonyl (C=O) groups is 1. The lowest BCUT2D eigenvalue weighted by atomic mass is 9.95. The molecule has 19 heavy (non-hydrogen) atoms. The van der Waals surface area contributed by atoms with Gasteiger partial charge in [-0.15, -0.1) is 11.6 Å². The number of amides is 1. The van der Waals surface area contributed by atoms with Crippen LogP contribution in [0, 0.1) is 0 Å². The van der Waals surface area contributed by atoms with Crippen LogP contribution in [0.5, 0.6) is 0 Å². The Morgan fingerprint density at radius 1 is 1.37 bits per heavy atom. The van der Waals surface area contributed by atoms with E-state index in [1.165, 1.54) is 10.6 Å². The fourth-order valence-corrected chi connectivity index (χ4v) is 2.55. The van der Waals surface area contributed by atoms with Gasteiger partial charge in [-0.25, -0.2) is 4.79 Å². The smallest absolute Gasteiger partial charge is 0.311 e. The summed E-state index contributed by atoms with van der Waals surface area (Å²) in [6.07, 6.45) is 4.97.